The molecule has 0 aromatic heterocycles. The Kier molecular flexibility index (Phi) is 3.34. The Labute approximate surface area is 110 Å². The fraction of sp³-hybridized carbons (Fsp3) is 0.571. The van der Waals surface area contributed by atoms with Crippen LogP contribution in [0.1, 0.15) is 38.7 Å². The van der Waals surface area contributed by atoms with Crippen LogP contribution in [0.2, 0.25) is 0 Å². The molecular formula is C14H18BrFO. The largest absolute Gasteiger partial charge is 0.390 e. The van der Waals surface area contributed by atoms with Gasteiger partial charge in [-0.2, -0.15) is 0 Å². The van der Waals surface area contributed by atoms with Gasteiger partial charge in [0.15, 0.2) is 0 Å². The van der Waals surface area contributed by atoms with Crippen molar-refractivity contribution in [3.63, 3.8) is 0 Å². The summed E-state index contributed by atoms with van der Waals surface area (Å²) < 4.78 is 13.6. The Morgan fingerprint density at radius 3 is 2.59 bits per heavy atom. The van der Waals surface area contributed by atoms with Crippen molar-refractivity contribution >= 4 is 15.9 Å². The third kappa shape index (κ3) is 3.08. The first-order valence-electron chi connectivity index (χ1n) is 5.96. The highest BCUT2D eigenvalue weighted by atomic mass is 79.9. The predicted octanol–water partition coefficient (Wildman–Crippen LogP) is 4.07. The monoisotopic (exact) mass is 300 g/mol. The van der Waals surface area contributed by atoms with Crippen molar-refractivity contribution in [2.75, 3.05) is 0 Å². The molecule has 0 spiro atoms. The van der Waals surface area contributed by atoms with Crippen LogP contribution in [0.3, 0.4) is 0 Å². The number of halogens is 2. The molecule has 1 unspecified atom stereocenters. The minimum absolute atomic E-state index is 0.214. The molecule has 1 saturated carbocycles. The Balaban J connectivity index is 2.13. The van der Waals surface area contributed by atoms with Crippen LogP contribution in [-0.2, 0) is 6.42 Å². The number of hydrogen-bond acceptors (Lipinski definition) is 1. The molecule has 2 rings (SSSR count). The van der Waals surface area contributed by atoms with Crippen molar-refractivity contribution in [2.24, 2.45) is 5.41 Å². The van der Waals surface area contributed by atoms with Gasteiger partial charge in [0.2, 0.25) is 0 Å². The van der Waals surface area contributed by atoms with Crippen molar-refractivity contribution in [3.05, 3.63) is 34.1 Å². The lowest BCUT2D eigenvalue weighted by atomic mass is 9.86. The summed E-state index contributed by atoms with van der Waals surface area (Å²) in [6.07, 6.45) is 3.30. The van der Waals surface area contributed by atoms with Gasteiger partial charge in [0, 0.05) is 6.42 Å². The van der Waals surface area contributed by atoms with Gasteiger partial charge in [0.25, 0.3) is 0 Å². The molecule has 1 aromatic rings. The van der Waals surface area contributed by atoms with Crippen LogP contribution in [0.25, 0.3) is 0 Å². The number of hydrogen-bond donors (Lipinski definition) is 1. The summed E-state index contributed by atoms with van der Waals surface area (Å²) in [7, 11) is 0. The molecule has 94 valence electrons. The third-order valence-corrected chi connectivity index (χ3v) is 4.20. The maximum atomic E-state index is 13.1. The summed E-state index contributed by atoms with van der Waals surface area (Å²) in [5.74, 6) is -0.257. The van der Waals surface area contributed by atoms with Gasteiger partial charge in [0.05, 0.1) is 10.1 Å². The smallest absolute Gasteiger partial charge is 0.137 e. The highest BCUT2D eigenvalue weighted by Crippen LogP contribution is 2.45. The molecule has 0 saturated heterocycles. The van der Waals surface area contributed by atoms with E-state index < -0.39 is 5.60 Å². The van der Waals surface area contributed by atoms with Crippen LogP contribution in [0.15, 0.2) is 22.7 Å². The van der Waals surface area contributed by atoms with E-state index in [0.717, 1.165) is 24.8 Å². The highest BCUT2D eigenvalue weighted by Gasteiger charge is 2.41. The molecule has 0 aliphatic heterocycles. The van der Waals surface area contributed by atoms with E-state index in [-0.39, 0.29) is 11.2 Å². The maximum absolute atomic E-state index is 13.1. The molecule has 1 aromatic carbocycles. The SMILES string of the molecule is CC1(C)CCC(O)(Cc2ccc(F)c(Br)c2)C1. The lowest BCUT2D eigenvalue weighted by molar-refractivity contribution is 0.0378. The minimum atomic E-state index is -0.624. The molecule has 1 aliphatic rings. The standard InChI is InChI=1S/C14H18BrFO/c1-13(2)5-6-14(17,9-13)8-10-3-4-12(16)11(15)7-10/h3-4,7,17H,5-6,8-9H2,1-2H3. The number of benzene rings is 1. The van der Waals surface area contributed by atoms with E-state index in [0.29, 0.717) is 10.9 Å². The Morgan fingerprint density at radius 2 is 2.06 bits per heavy atom. The average Bonchev–Trinajstić information content (AvgIpc) is 2.47. The summed E-state index contributed by atoms with van der Waals surface area (Å²) in [5.41, 5.74) is 0.575. The average molecular weight is 301 g/mol. The molecule has 0 bridgehead atoms. The topological polar surface area (TPSA) is 20.2 Å². The fourth-order valence-corrected chi connectivity index (χ4v) is 3.25. The maximum Gasteiger partial charge on any atom is 0.137 e. The van der Waals surface area contributed by atoms with Crippen molar-refractivity contribution in [2.45, 2.75) is 45.1 Å². The predicted molar refractivity (Wildman–Crippen MR) is 70.4 cm³/mol. The first-order chi connectivity index (χ1) is 7.80. The summed E-state index contributed by atoms with van der Waals surface area (Å²) in [5, 5.41) is 10.5. The summed E-state index contributed by atoms with van der Waals surface area (Å²) in [6, 6.07) is 4.96. The fourth-order valence-electron chi connectivity index (χ4n) is 2.82. The molecule has 1 nitrogen and oxygen atoms in total. The molecule has 1 aliphatic carbocycles. The molecule has 3 heteroatoms. The zero-order valence-electron chi connectivity index (χ0n) is 10.3. The normalized spacial score (nSPS) is 27.4. The summed E-state index contributed by atoms with van der Waals surface area (Å²) in [6.45, 7) is 4.37. The van der Waals surface area contributed by atoms with Gasteiger partial charge in [-0.25, -0.2) is 4.39 Å². The van der Waals surface area contributed by atoms with E-state index in [9.17, 15) is 9.50 Å². The molecule has 0 heterocycles. The zero-order valence-corrected chi connectivity index (χ0v) is 11.8. The molecular weight excluding hydrogens is 283 g/mol. The van der Waals surface area contributed by atoms with E-state index in [1.54, 1.807) is 12.1 Å². The molecule has 0 amide bonds. The van der Waals surface area contributed by atoms with Gasteiger partial charge in [-0.15, -0.1) is 0 Å². The first kappa shape index (κ1) is 13.0. The zero-order chi connectivity index (χ0) is 12.7. The second-order valence-electron chi connectivity index (χ2n) is 5.99. The van der Waals surface area contributed by atoms with E-state index in [2.05, 4.69) is 29.8 Å². The van der Waals surface area contributed by atoms with Gasteiger partial charge in [-0.1, -0.05) is 19.9 Å². The molecule has 17 heavy (non-hydrogen) atoms. The lowest BCUT2D eigenvalue weighted by Crippen LogP contribution is -2.29. The summed E-state index contributed by atoms with van der Waals surface area (Å²) in [4.78, 5) is 0. The van der Waals surface area contributed by atoms with Crippen LogP contribution in [0.4, 0.5) is 4.39 Å². The molecule has 1 fully saturated rings. The van der Waals surface area contributed by atoms with Crippen molar-refractivity contribution in [1.82, 2.24) is 0 Å². The molecule has 1 atom stereocenters. The van der Waals surface area contributed by atoms with E-state index >= 15 is 0 Å². The van der Waals surface area contributed by atoms with Crippen molar-refractivity contribution in [3.8, 4) is 0 Å². The molecule has 1 N–H and O–H groups in total. The van der Waals surface area contributed by atoms with Gasteiger partial charge < -0.3 is 5.11 Å². The second-order valence-corrected chi connectivity index (χ2v) is 6.84. The van der Waals surface area contributed by atoms with E-state index in [1.165, 1.54) is 6.07 Å². The van der Waals surface area contributed by atoms with Gasteiger partial charge in [-0.3, -0.25) is 0 Å². The van der Waals surface area contributed by atoms with Crippen LogP contribution in [0, 0.1) is 11.2 Å². The number of aliphatic hydroxyl groups is 1. The van der Waals surface area contributed by atoms with E-state index in [4.69, 9.17) is 0 Å². The first-order valence-corrected chi connectivity index (χ1v) is 6.75. The third-order valence-electron chi connectivity index (χ3n) is 3.59. The Hall–Kier alpha value is -0.410. The Bertz CT molecular complexity index is 430. The highest BCUT2D eigenvalue weighted by molar-refractivity contribution is 9.10. The van der Waals surface area contributed by atoms with Crippen molar-refractivity contribution < 1.29 is 9.50 Å². The minimum Gasteiger partial charge on any atom is -0.390 e. The van der Waals surface area contributed by atoms with E-state index in [1.807, 2.05) is 0 Å². The number of rotatable bonds is 2. The van der Waals surface area contributed by atoms with Gasteiger partial charge >= 0.3 is 0 Å². The van der Waals surface area contributed by atoms with Crippen molar-refractivity contribution in [1.29, 1.82) is 0 Å². The summed E-state index contributed by atoms with van der Waals surface area (Å²) >= 11 is 3.18. The Morgan fingerprint density at radius 1 is 1.35 bits per heavy atom. The molecule has 0 radical (unpaired) electrons. The van der Waals surface area contributed by atoms with Crippen LogP contribution < -0.4 is 0 Å². The van der Waals surface area contributed by atoms with Crippen LogP contribution in [0.5, 0.6) is 0 Å². The lowest BCUT2D eigenvalue weighted by Gasteiger charge is -2.25. The van der Waals surface area contributed by atoms with Gasteiger partial charge in [0.1, 0.15) is 5.82 Å². The van der Waals surface area contributed by atoms with Gasteiger partial charge in [-0.05, 0) is 58.3 Å². The van der Waals surface area contributed by atoms with Crippen LogP contribution in [-0.4, -0.2) is 10.7 Å². The quantitative estimate of drug-likeness (QED) is 0.873. The second kappa shape index (κ2) is 4.36. The van der Waals surface area contributed by atoms with Crippen LogP contribution >= 0.6 is 15.9 Å².